The number of para-hydroxylation sites is 2. The van der Waals surface area contributed by atoms with Gasteiger partial charge in [-0.05, 0) is 50.2 Å². The van der Waals surface area contributed by atoms with Gasteiger partial charge >= 0.3 is 12.5 Å². The second-order valence-corrected chi connectivity index (χ2v) is 6.74. The van der Waals surface area contributed by atoms with E-state index < -0.39 is 24.7 Å². The normalized spacial score (nSPS) is 11.8. The molecule has 142 valence electrons. The molecule has 0 aliphatic carbocycles. The first kappa shape index (κ1) is 19.1. The molecule has 0 radical (unpaired) electrons. The van der Waals surface area contributed by atoms with Crippen LogP contribution in [0.2, 0.25) is 5.02 Å². The minimum atomic E-state index is -2.80. The summed E-state index contributed by atoms with van der Waals surface area (Å²) in [5, 5.41) is 0.536. The number of halogens is 3. The molecule has 5 nitrogen and oxygen atoms in total. The molecule has 0 atom stereocenters. The molecule has 8 heteroatoms. The van der Waals surface area contributed by atoms with E-state index in [4.69, 9.17) is 21.1 Å². The maximum Gasteiger partial charge on any atom is 0.350 e. The van der Waals surface area contributed by atoms with Crippen LogP contribution in [0, 0.1) is 0 Å². The maximum absolute atomic E-state index is 13.4. The van der Waals surface area contributed by atoms with Gasteiger partial charge in [-0.3, -0.25) is 4.57 Å². The molecule has 0 unspecified atom stereocenters. The number of carbonyl (C=O) groups is 1. The Balaban J connectivity index is 1.74. The van der Waals surface area contributed by atoms with Crippen LogP contribution < -0.4 is 4.74 Å². The fourth-order valence-electron chi connectivity index (χ4n) is 2.56. The first-order chi connectivity index (χ1) is 12.8. The van der Waals surface area contributed by atoms with Gasteiger partial charge < -0.3 is 9.47 Å². The zero-order valence-corrected chi connectivity index (χ0v) is 15.4. The van der Waals surface area contributed by atoms with Gasteiger partial charge in [0.15, 0.2) is 11.4 Å². The molecule has 0 fully saturated rings. The average Bonchev–Trinajstić information content (AvgIpc) is 3.00. The van der Waals surface area contributed by atoms with E-state index in [1.54, 1.807) is 42.5 Å². The van der Waals surface area contributed by atoms with Crippen molar-refractivity contribution < 1.29 is 23.0 Å². The predicted octanol–water partition coefficient (Wildman–Crippen LogP) is 4.99. The molecule has 0 saturated heterocycles. The molecule has 0 bridgehead atoms. The van der Waals surface area contributed by atoms with Crippen molar-refractivity contribution in [2.24, 2.45) is 0 Å². The fourth-order valence-corrected chi connectivity index (χ4v) is 2.68. The summed E-state index contributed by atoms with van der Waals surface area (Å²) < 4.78 is 38.4. The largest absolute Gasteiger partial charge is 0.476 e. The zero-order valence-electron chi connectivity index (χ0n) is 14.7. The summed E-state index contributed by atoms with van der Waals surface area (Å²) in [6.07, 6.45) is 0. The number of alkyl halides is 2. The maximum atomic E-state index is 13.4. The van der Waals surface area contributed by atoms with Crippen LogP contribution in [-0.4, -0.2) is 21.1 Å². The smallest absolute Gasteiger partial charge is 0.350 e. The molecule has 0 aliphatic rings. The Hall–Kier alpha value is -2.67. The Kier molecular flexibility index (Phi) is 5.32. The number of hydrogen-bond donors (Lipinski definition) is 0. The third-order valence-electron chi connectivity index (χ3n) is 3.87. The Morgan fingerprint density at radius 2 is 1.85 bits per heavy atom. The summed E-state index contributed by atoms with van der Waals surface area (Å²) in [7, 11) is 0. The van der Waals surface area contributed by atoms with Crippen molar-refractivity contribution in [1.82, 2.24) is 9.55 Å². The van der Waals surface area contributed by atoms with Gasteiger partial charge in [-0.2, -0.15) is 8.78 Å². The van der Waals surface area contributed by atoms with Crippen LogP contribution in [0.25, 0.3) is 11.0 Å². The van der Waals surface area contributed by atoms with Gasteiger partial charge in [0, 0.05) is 5.02 Å². The number of rotatable bonds is 6. The van der Waals surface area contributed by atoms with E-state index >= 15 is 0 Å². The minimum absolute atomic E-state index is 0.0400. The predicted molar refractivity (Wildman–Crippen MR) is 96.9 cm³/mol. The number of benzene rings is 2. The van der Waals surface area contributed by atoms with Crippen LogP contribution in [-0.2, 0) is 16.1 Å². The van der Waals surface area contributed by atoms with Gasteiger partial charge in [0.1, 0.15) is 12.4 Å². The van der Waals surface area contributed by atoms with Gasteiger partial charge in [-0.25, -0.2) is 9.78 Å². The topological polar surface area (TPSA) is 53.4 Å². The standard InChI is InChI=1S/C19H17ClF2N2O3/c1-19(2,27-13-9-7-12(20)8-10-13)17(25)26-11-16-23-14-5-3-4-6-15(14)24(16)18(21)22/h3-10,18H,11H2,1-2H3. The van der Waals surface area contributed by atoms with Gasteiger partial charge in [0.05, 0.1) is 11.0 Å². The van der Waals surface area contributed by atoms with E-state index in [1.807, 2.05) is 0 Å². The van der Waals surface area contributed by atoms with Crippen LogP contribution in [0.1, 0.15) is 26.2 Å². The van der Waals surface area contributed by atoms with Crippen LogP contribution in [0.15, 0.2) is 48.5 Å². The first-order valence-electron chi connectivity index (χ1n) is 8.14. The number of esters is 1. The number of fused-ring (bicyclic) bond motifs is 1. The van der Waals surface area contributed by atoms with Crippen molar-refractivity contribution in [2.75, 3.05) is 0 Å². The van der Waals surface area contributed by atoms with Crippen LogP contribution >= 0.6 is 11.6 Å². The van der Waals surface area contributed by atoms with Gasteiger partial charge in [0.25, 0.3) is 0 Å². The minimum Gasteiger partial charge on any atom is -0.476 e. The van der Waals surface area contributed by atoms with Gasteiger partial charge in [-0.1, -0.05) is 23.7 Å². The molecule has 0 aliphatic heterocycles. The monoisotopic (exact) mass is 394 g/mol. The molecule has 3 rings (SSSR count). The molecule has 0 amide bonds. The van der Waals surface area contributed by atoms with Gasteiger partial charge in [-0.15, -0.1) is 0 Å². The van der Waals surface area contributed by atoms with Crippen LogP contribution in [0.5, 0.6) is 5.75 Å². The van der Waals surface area contributed by atoms with E-state index in [0.717, 1.165) is 4.57 Å². The first-order valence-corrected chi connectivity index (χ1v) is 8.51. The average molecular weight is 395 g/mol. The molecule has 0 spiro atoms. The Bertz CT molecular complexity index is 955. The SMILES string of the molecule is CC(C)(Oc1ccc(Cl)cc1)C(=O)OCc1nc2ccccc2n1C(F)F. The van der Waals surface area contributed by atoms with E-state index in [2.05, 4.69) is 4.98 Å². The van der Waals surface area contributed by atoms with Crippen molar-refractivity contribution in [3.8, 4) is 5.75 Å². The molecular formula is C19H17ClF2N2O3. The number of nitrogens with zero attached hydrogens (tertiary/aromatic N) is 2. The third kappa shape index (κ3) is 4.19. The summed E-state index contributed by atoms with van der Waals surface area (Å²) in [6, 6.07) is 13.0. The lowest BCUT2D eigenvalue weighted by atomic mass is 10.1. The number of hydrogen-bond acceptors (Lipinski definition) is 4. The second kappa shape index (κ2) is 7.52. The lowest BCUT2D eigenvalue weighted by molar-refractivity contribution is -0.161. The Morgan fingerprint density at radius 1 is 1.19 bits per heavy atom. The van der Waals surface area contributed by atoms with Crippen molar-refractivity contribution in [1.29, 1.82) is 0 Å². The summed E-state index contributed by atoms with van der Waals surface area (Å²) in [5.74, 6) is -0.312. The lowest BCUT2D eigenvalue weighted by Crippen LogP contribution is -2.39. The second-order valence-electron chi connectivity index (χ2n) is 6.31. The Morgan fingerprint density at radius 3 is 2.52 bits per heavy atom. The molecule has 27 heavy (non-hydrogen) atoms. The summed E-state index contributed by atoms with van der Waals surface area (Å²) in [5.41, 5.74) is -0.647. The fraction of sp³-hybridized carbons (Fsp3) is 0.263. The number of imidazole rings is 1. The van der Waals surface area contributed by atoms with Crippen molar-refractivity contribution in [2.45, 2.75) is 32.6 Å². The zero-order chi connectivity index (χ0) is 19.6. The van der Waals surface area contributed by atoms with Crippen molar-refractivity contribution in [3.05, 3.63) is 59.4 Å². The van der Waals surface area contributed by atoms with Gasteiger partial charge in [0.2, 0.25) is 0 Å². The quantitative estimate of drug-likeness (QED) is 0.553. The number of aromatic nitrogens is 2. The van der Waals surface area contributed by atoms with Crippen molar-refractivity contribution >= 4 is 28.6 Å². The van der Waals surface area contributed by atoms with Crippen LogP contribution in [0.4, 0.5) is 8.78 Å². The van der Waals surface area contributed by atoms with E-state index in [-0.39, 0.29) is 11.3 Å². The highest BCUT2D eigenvalue weighted by molar-refractivity contribution is 6.30. The van der Waals surface area contributed by atoms with E-state index in [9.17, 15) is 13.6 Å². The molecule has 1 aromatic heterocycles. The summed E-state index contributed by atoms with van der Waals surface area (Å²) >= 11 is 5.82. The number of carbonyl (C=O) groups excluding carboxylic acids is 1. The van der Waals surface area contributed by atoms with Crippen molar-refractivity contribution in [3.63, 3.8) is 0 Å². The Labute approximate surface area is 159 Å². The summed E-state index contributed by atoms with van der Waals surface area (Å²) in [6.45, 7) is -0.143. The number of ether oxygens (including phenoxy) is 2. The highest BCUT2D eigenvalue weighted by Gasteiger charge is 2.32. The highest BCUT2D eigenvalue weighted by Crippen LogP contribution is 2.25. The lowest BCUT2D eigenvalue weighted by Gasteiger charge is -2.24. The highest BCUT2D eigenvalue weighted by atomic mass is 35.5. The molecule has 2 aromatic carbocycles. The molecule has 1 heterocycles. The third-order valence-corrected chi connectivity index (χ3v) is 4.13. The van der Waals surface area contributed by atoms with Crippen LogP contribution in [0.3, 0.4) is 0 Å². The van der Waals surface area contributed by atoms with E-state index in [0.29, 0.717) is 16.3 Å². The molecular weight excluding hydrogens is 378 g/mol. The van der Waals surface area contributed by atoms with E-state index in [1.165, 1.54) is 19.9 Å². The molecule has 0 saturated carbocycles. The molecule has 0 N–H and O–H groups in total. The summed E-state index contributed by atoms with van der Waals surface area (Å²) in [4.78, 5) is 16.5. The molecule has 3 aromatic rings.